The highest BCUT2D eigenvalue weighted by Gasteiger charge is 2.08. The summed E-state index contributed by atoms with van der Waals surface area (Å²) in [6.07, 6.45) is 2.77. The van der Waals surface area contributed by atoms with Gasteiger partial charge >= 0.3 is 0 Å². The molecule has 26 heavy (non-hydrogen) atoms. The maximum atomic E-state index is 11.9. The molecule has 7 heteroatoms. The minimum atomic E-state index is -0.493. The first-order valence-corrected chi connectivity index (χ1v) is 8.38. The van der Waals surface area contributed by atoms with Gasteiger partial charge in [-0.1, -0.05) is 43.7 Å². The van der Waals surface area contributed by atoms with Gasteiger partial charge in [-0.25, -0.2) is 5.43 Å². The maximum Gasteiger partial charge on any atom is 0.277 e. The molecular weight excluding hydrogens is 334 g/mol. The molecule has 2 aromatic carbocycles. The number of non-ortho nitro benzene ring substituents is 1. The topological polar surface area (TPSA) is 93.8 Å². The van der Waals surface area contributed by atoms with Gasteiger partial charge in [-0.15, -0.1) is 0 Å². The van der Waals surface area contributed by atoms with Crippen molar-refractivity contribution in [1.82, 2.24) is 5.43 Å². The van der Waals surface area contributed by atoms with E-state index in [0.29, 0.717) is 5.75 Å². The Hall–Kier alpha value is -3.22. The first-order chi connectivity index (χ1) is 12.6. The molecule has 0 unspecified atom stereocenters. The Morgan fingerprint density at radius 2 is 1.85 bits per heavy atom. The van der Waals surface area contributed by atoms with Crippen LogP contribution in [0.3, 0.4) is 0 Å². The van der Waals surface area contributed by atoms with E-state index in [1.807, 2.05) is 30.3 Å². The highest BCUT2D eigenvalue weighted by atomic mass is 16.6. The molecule has 2 aromatic rings. The van der Waals surface area contributed by atoms with E-state index in [-0.39, 0.29) is 12.3 Å². The molecule has 0 heterocycles. The Bertz CT molecular complexity index is 758. The number of hydrogen-bond donors (Lipinski definition) is 1. The summed E-state index contributed by atoms with van der Waals surface area (Å²) in [6, 6.07) is 15.2. The van der Waals surface area contributed by atoms with Gasteiger partial charge in [0.25, 0.3) is 11.6 Å². The number of hydrazone groups is 1. The monoisotopic (exact) mass is 355 g/mol. The summed E-state index contributed by atoms with van der Waals surface area (Å²) in [7, 11) is 0. The Kier molecular flexibility index (Phi) is 7.30. The Morgan fingerprint density at radius 1 is 1.15 bits per heavy atom. The summed E-state index contributed by atoms with van der Waals surface area (Å²) >= 11 is 0. The second kappa shape index (κ2) is 9.93. The van der Waals surface area contributed by atoms with E-state index < -0.39 is 10.8 Å². The van der Waals surface area contributed by atoms with Gasteiger partial charge in [0.05, 0.1) is 10.6 Å². The number of nitro benzene ring substituents is 1. The van der Waals surface area contributed by atoms with Crippen molar-refractivity contribution in [1.29, 1.82) is 0 Å². The Balaban J connectivity index is 1.92. The Labute approximate surface area is 151 Å². The van der Waals surface area contributed by atoms with Crippen LogP contribution >= 0.6 is 0 Å². The smallest absolute Gasteiger partial charge is 0.277 e. The predicted molar refractivity (Wildman–Crippen MR) is 99.2 cm³/mol. The van der Waals surface area contributed by atoms with Crippen molar-refractivity contribution in [3.8, 4) is 5.75 Å². The van der Waals surface area contributed by atoms with Gasteiger partial charge in [0.15, 0.2) is 6.61 Å². The average molecular weight is 355 g/mol. The van der Waals surface area contributed by atoms with Gasteiger partial charge in [-0.3, -0.25) is 14.9 Å². The lowest BCUT2D eigenvalue weighted by atomic mass is 10.1. The van der Waals surface area contributed by atoms with Crippen LogP contribution in [0.5, 0.6) is 5.75 Å². The quantitative estimate of drug-likeness (QED) is 0.422. The number of carbonyl (C=O) groups excluding carboxylic acids is 1. The summed E-state index contributed by atoms with van der Waals surface area (Å²) in [5.74, 6) is -0.0164. The van der Waals surface area contributed by atoms with E-state index in [0.717, 1.165) is 30.5 Å². The van der Waals surface area contributed by atoms with Crippen LogP contribution in [-0.2, 0) is 4.79 Å². The lowest BCUT2D eigenvalue weighted by Gasteiger charge is -2.08. The number of carbonyl (C=O) groups is 1. The van der Waals surface area contributed by atoms with Crippen molar-refractivity contribution in [2.75, 3.05) is 6.61 Å². The van der Waals surface area contributed by atoms with E-state index in [4.69, 9.17) is 4.74 Å². The van der Waals surface area contributed by atoms with Crippen molar-refractivity contribution in [2.24, 2.45) is 5.10 Å². The maximum absolute atomic E-state index is 11.9. The van der Waals surface area contributed by atoms with Crippen LogP contribution in [0.2, 0.25) is 0 Å². The molecule has 0 fully saturated rings. The summed E-state index contributed by atoms with van der Waals surface area (Å²) in [5.41, 5.74) is 4.26. The molecule has 136 valence electrons. The molecule has 0 aromatic heterocycles. The average Bonchev–Trinajstić information content (AvgIpc) is 2.67. The molecule has 7 nitrogen and oxygen atoms in total. The summed E-state index contributed by atoms with van der Waals surface area (Å²) < 4.78 is 5.32. The number of rotatable bonds is 9. The fraction of sp³-hybridized carbons (Fsp3) is 0.263. The predicted octanol–water partition coefficient (Wildman–Crippen LogP) is 3.68. The zero-order valence-corrected chi connectivity index (χ0v) is 14.6. The second-order valence-electron chi connectivity index (χ2n) is 5.60. The summed E-state index contributed by atoms with van der Waals surface area (Å²) in [6.45, 7) is 1.87. The third-order valence-corrected chi connectivity index (χ3v) is 3.61. The van der Waals surface area contributed by atoms with Crippen LogP contribution < -0.4 is 10.2 Å². The van der Waals surface area contributed by atoms with Crippen LogP contribution in [0.15, 0.2) is 59.7 Å². The highest BCUT2D eigenvalue weighted by molar-refractivity contribution is 6.01. The van der Waals surface area contributed by atoms with Crippen LogP contribution in [0.25, 0.3) is 0 Å². The van der Waals surface area contributed by atoms with Crippen molar-refractivity contribution >= 4 is 17.3 Å². The lowest BCUT2D eigenvalue weighted by Crippen LogP contribution is -2.26. The van der Waals surface area contributed by atoms with Crippen LogP contribution in [0, 0.1) is 10.1 Å². The van der Waals surface area contributed by atoms with Crippen LogP contribution in [-0.4, -0.2) is 23.1 Å². The van der Waals surface area contributed by atoms with Gasteiger partial charge in [-0.05, 0) is 30.5 Å². The molecule has 1 amide bonds. The standard InChI is InChI=1S/C19H21N3O4/c1-2-3-9-18(15-7-5-4-6-8-15)20-21-19(23)14-26-17-12-10-16(11-13-17)22(24)25/h4-8,10-13H,2-3,9,14H2,1H3,(H,21,23)/b20-18+. The number of nitrogens with zero attached hydrogens (tertiary/aromatic N) is 2. The van der Waals surface area contributed by atoms with Crippen molar-refractivity contribution in [3.63, 3.8) is 0 Å². The number of hydrogen-bond acceptors (Lipinski definition) is 5. The minimum absolute atomic E-state index is 0.0326. The van der Waals surface area contributed by atoms with E-state index in [2.05, 4.69) is 17.5 Å². The van der Waals surface area contributed by atoms with E-state index in [1.165, 1.54) is 24.3 Å². The number of benzene rings is 2. The van der Waals surface area contributed by atoms with Gasteiger partial charge < -0.3 is 4.74 Å². The van der Waals surface area contributed by atoms with Crippen molar-refractivity contribution < 1.29 is 14.5 Å². The van der Waals surface area contributed by atoms with Gasteiger partial charge in [0.2, 0.25) is 0 Å². The van der Waals surface area contributed by atoms with Crippen LogP contribution in [0.4, 0.5) is 5.69 Å². The zero-order valence-electron chi connectivity index (χ0n) is 14.6. The molecule has 0 aliphatic carbocycles. The first-order valence-electron chi connectivity index (χ1n) is 8.38. The molecule has 0 radical (unpaired) electrons. The Morgan fingerprint density at radius 3 is 2.46 bits per heavy atom. The van der Waals surface area contributed by atoms with Crippen LogP contribution in [0.1, 0.15) is 31.7 Å². The fourth-order valence-electron chi connectivity index (χ4n) is 2.21. The third-order valence-electron chi connectivity index (χ3n) is 3.61. The fourth-order valence-corrected chi connectivity index (χ4v) is 2.21. The van der Waals surface area contributed by atoms with Crippen molar-refractivity contribution in [2.45, 2.75) is 26.2 Å². The number of nitro groups is 1. The van der Waals surface area contributed by atoms with Gasteiger partial charge in [0, 0.05) is 12.1 Å². The summed E-state index contributed by atoms with van der Waals surface area (Å²) in [5, 5.41) is 14.8. The molecule has 0 spiro atoms. The molecule has 0 bridgehead atoms. The molecule has 0 aliphatic heterocycles. The van der Waals surface area contributed by atoms with Gasteiger partial charge in [-0.2, -0.15) is 5.10 Å². The normalized spacial score (nSPS) is 11.0. The largest absolute Gasteiger partial charge is 0.484 e. The lowest BCUT2D eigenvalue weighted by molar-refractivity contribution is -0.384. The first kappa shape index (κ1) is 19.1. The van der Waals surface area contributed by atoms with Crippen molar-refractivity contribution in [3.05, 3.63) is 70.3 Å². The SMILES string of the molecule is CCCC/C(=N\NC(=O)COc1ccc([N+](=O)[O-])cc1)c1ccccc1. The number of ether oxygens (including phenoxy) is 1. The zero-order chi connectivity index (χ0) is 18.8. The highest BCUT2D eigenvalue weighted by Crippen LogP contribution is 2.17. The molecule has 0 atom stereocenters. The molecule has 1 N–H and O–H groups in total. The number of unbranched alkanes of at least 4 members (excludes halogenated alkanes) is 1. The van der Waals surface area contributed by atoms with E-state index in [9.17, 15) is 14.9 Å². The number of amides is 1. The van der Waals surface area contributed by atoms with Gasteiger partial charge in [0.1, 0.15) is 5.75 Å². The summed E-state index contributed by atoms with van der Waals surface area (Å²) in [4.78, 5) is 22.1. The second-order valence-corrected chi connectivity index (χ2v) is 5.60. The van der Waals surface area contributed by atoms with E-state index in [1.54, 1.807) is 0 Å². The number of nitrogens with one attached hydrogen (secondary N) is 1. The minimum Gasteiger partial charge on any atom is -0.484 e. The third kappa shape index (κ3) is 6.01. The molecule has 0 aliphatic rings. The molecule has 0 saturated carbocycles. The molecular formula is C19H21N3O4. The molecule has 2 rings (SSSR count). The molecule has 0 saturated heterocycles. The van der Waals surface area contributed by atoms with E-state index >= 15 is 0 Å².